The summed E-state index contributed by atoms with van der Waals surface area (Å²) < 4.78 is 37.9. The SMILES string of the molecule is NC(=O)COCNC(=O)CNC(=O)C(Cc1ccccc1)NC(=O)CNC(=O)CNC(=O)COCCOCCOCCOc1ccc(N2C(=O)C(Sc3ccc(C(=O)N4CCOCC4)cc3)=C(Sc3ccc(C(=O)N4CCOCC4)cc3)C2=O)cc1. The number of anilines is 1. The number of carbonyl (C=O) groups is 10. The molecule has 7 rings (SSSR count). The van der Waals surface area contributed by atoms with Gasteiger partial charge >= 0.3 is 0 Å². The largest absolute Gasteiger partial charge is 0.491 e. The van der Waals surface area contributed by atoms with E-state index in [4.69, 9.17) is 38.9 Å². The topological polar surface area (TPSA) is 331 Å². The number of nitrogens with zero attached hydrogens (tertiary/aromatic N) is 3. The first-order chi connectivity index (χ1) is 41.7. The molecule has 3 heterocycles. The van der Waals surface area contributed by atoms with Gasteiger partial charge in [-0.25, -0.2) is 4.90 Å². The zero-order chi connectivity index (χ0) is 61.0. The molecule has 7 N–H and O–H groups in total. The summed E-state index contributed by atoms with van der Waals surface area (Å²) in [6.45, 7) is 2.43. The van der Waals surface area contributed by atoms with Gasteiger partial charge in [0, 0.05) is 53.5 Å². The van der Waals surface area contributed by atoms with E-state index in [2.05, 4.69) is 26.6 Å². The number of primary amides is 1. The highest BCUT2D eigenvalue weighted by Gasteiger charge is 2.41. The van der Waals surface area contributed by atoms with Gasteiger partial charge in [-0.3, -0.25) is 47.9 Å². The Labute approximate surface area is 503 Å². The Bertz CT molecular complexity index is 2920. The summed E-state index contributed by atoms with van der Waals surface area (Å²) in [6, 6.07) is 28.0. The second-order valence-corrected chi connectivity index (χ2v) is 21.1. The van der Waals surface area contributed by atoms with Crippen LogP contribution in [-0.2, 0) is 73.2 Å². The normalized spacial score (nSPS) is 14.5. The maximum Gasteiger partial charge on any atom is 0.273 e. The van der Waals surface area contributed by atoms with E-state index >= 15 is 0 Å². The van der Waals surface area contributed by atoms with Crippen molar-refractivity contribution in [3.8, 4) is 5.75 Å². The molecule has 3 aliphatic heterocycles. The van der Waals surface area contributed by atoms with Gasteiger partial charge in [0.05, 0.1) is 94.6 Å². The van der Waals surface area contributed by atoms with E-state index in [-0.39, 0.29) is 81.0 Å². The van der Waals surface area contributed by atoms with Crippen molar-refractivity contribution in [3.63, 3.8) is 0 Å². The zero-order valence-electron chi connectivity index (χ0n) is 46.9. The fraction of sp³-hybridized carbons (Fsp3) is 0.379. The predicted molar refractivity (Wildman–Crippen MR) is 311 cm³/mol. The Morgan fingerprint density at radius 1 is 0.523 bits per heavy atom. The first-order valence-electron chi connectivity index (χ1n) is 27.4. The van der Waals surface area contributed by atoms with Gasteiger partial charge in [-0.15, -0.1) is 0 Å². The van der Waals surface area contributed by atoms with Gasteiger partial charge in [0.15, 0.2) is 0 Å². The molecule has 2 saturated heterocycles. The lowest BCUT2D eigenvalue weighted by Gasteiger charge is -2.26. The number of imide groups is 1. The minimum Gasteiger partial charge on any atom is -0.491 e. The van der Waals surface area contributed by atoms with Gasteiger partial charge in [0.2, 0.25) is 35.4 Å². The molecule has 26 nitrogen and oxygen atoms in total. The van der Waals surface area contributed by atoms with E-state index in [9.17, 15) is 47.9 Å². The molecular weight excluding hydrogens is 1160 g/mol. The zero-order valence-corrected chi connectivity index (χ0v) is 48.6. The number of morpholine rings is 2. The van der Waals surface area contributed by atoms with Crippen molar-refractivity contribution in [2.24, 2.45) is 5.73 Å². The molecule has 4 aromatic rings. The average molecular weight is 1230 g/mol. The van der Waals surface area contributed by atoms with Gasteiger partial charge < -0.3 is 75.3 Å². The van der Waals surface area contributed by atoms with Crippen LogP contribution in [0.2, 0.25) is 0 Å². The van der Waals surface area contributed by atoms with Gasteiger partial charge in [0.1, 0.15) is 38.3 Å². The molecular formula is C58H67N9O17S2. The number of nitrogens with two attached hydrogens (primary N) is 1. The van der Waals surface area contributed by atoms with Crippen LogP contribution < -0.4 is 42.0 Å². The molecule has 0 aliphatic carbocycles. The molecule has 0 saturated carbocycles. The van der Waals surface area contributed by atoms with Crippen LogP contribution in [0.25, 0.3) is 0 Å². The van der Waals surface area contributed by atoms with E-state index in [1.807, 2.05) is 0 Å². The summed E-state index contributed by atoms with van der Waals surface area (Å²) in [5.74, 6) is -4.81. The third kappa shape index (κ3) is 21.1. The van der Waals surface area contributed by atoms with Gasteiger partial charge in [-0.05, 0) is 78.4 Å². The van der Waals surface area contributed by atoms with Crippen LogP contribution in [0.3, 0.4) is 0 Å². The molecule has 0 spiro atoms. The number of rotatable bonds is 33. The maximum absolute atomic E-state index is 14.3. The number of thioether (sulfide) groups is 2. The number of hydrogen-bond acceptors (Lipinski definition) is 19. The molecule has 2 fully saturated rings. The summed E-state index contributed by atoms with van der Waals surface area (Å²) >= 11 is 2.26. The highest BCUT2D eigenvalue weighted by atomic mass is 32.2. The molecule has 3 aliphatic rings. The van der Waals surface area contributed by atoms with Crippen LogP contribution in [0.15, 0.2) is 123 Å². The quantitative estimate of drug-likeness (QED) is 0.0213. The van der Waals surface area contributed by atoms with Crippen LogP contribution in [0, 0.1) is 0 Å². The number of amides is 10. The first kappa shape index (κ1) is 65.3. The van der Waals surface area contributed by atoms with Crippen LogP contribution in [0.4, 0.5) is 5.69 Å². The summed E-state index contributed by atoms with van der Waals surface area (Å²) in [4.78, 5) is 134. The number of benzene rings is 4. The second-order valence-electron chi connectivity index (χ2n) is 18.9. The fourth-order valence-electron chi connectivity index (χ4n) is 8.30. The van der Waals surface area contributed by atoms with Crippen molar-refractivity contribution in [1.82, 2.24) is 36.4 Å². The van der Waals surface area contributed by atoms with Gasteiger partial charge in [-0.1, -0.05) is 53.9 Å². The third-order valence-electron chi connectivity index (χ3n) is 12.7. The van der Waals surface area contributed by atoms with Crippen molar-refractivity contribution >= 4 is 88.3 Å². The lowest BCUT2D eigenvalue weighted by Crippen LogP contribution is -2.52. The highest BCUT2D eigenvalue weighted by molar-refractivity contribution is 8.08. The Morgan fingerprint density at radius 2 is 1.01 bits per heavy atom. The lowest BCUT2D eigenvalue weighted by molar-refractivity contribution is -0.131. The Morgan fingerprint density at radius 3 is 1.56 bits per heavy atom. The van der Waals surface area contributed by atoms with E-state index in [1.165, 1.54) is 0 Å². The number of nitrogens with one attached hydrogen (secondary N) is 5. The van der Waals surface area contributed by atoms with Crippen LogP contribution in [0.1, 0.15) is 26.3 Å². The maximum atomic E-state index is 14.3. The Balaban J connectivity index is 0.773. The van der Waals surface area contributed by atoms with E-state index in [0.29, 0.717) is 90.5 Å². The van der Waals surface area contributed by atoms with Crippen LogP contribution in [0.5, 0.6) is 5.75 Å². The second kappa shape index (κ2) is 34.7. The van der Waals surface area contributed by atoms with Gasteiger partial charge in [-0.2, -0.15) is 0 Å². The molecule has 10 amide bonds. The monoisotopic (exact) mass is 1230 g/mol. The van der Waals surface area contributed by atoms with Gasteiger partial charge in [0.25, 0.3) is 23.6 Å². The molecule has 0 bridgehead atoms. The summed E-state index contributed by atoms with van der Waals surface area (Å²) in [5, 5.41) is 12.1. The molecule has 4 aromatic carbocycles. The predicted octanol–water partition coefficient (Wildman–Crippen LogP) is 0.381. The molecule has 1 atom stereocenters. The molecule has 28 heteroatoms. The lowest BCUT2D eigenvalue weighted by atomic mass is 10.1. The molecule has 0 radical (unpaired) electrons. The highest BCUT2D eigenvalue weighted by Crippen LogP contribution is 2.44. The fourth-order valence-corrected chi connectivity index (χ4v) is 10.3. The molecule has 0 aromatic heterocycles. The van der Waals surface area contributed by atoms with Crippen LogP contribution in [-0.4, -0.2) is 207 Å². The van der Waals surface area contributed by atoms with E-state index in [0.717, 1.165) is 28.4 Å². The number of hydrogen-bond donors (Lipinski definition) is 6. The molecule has 458 valence electrons. The van der Waals surface area contributed by atoms with Crippen molar-refractivity contribution in [2.45, 2.75) is 22.3 Å². The Hall–Kier alpha value is -8.22. The van der Waals surface area contributed by atoms with Crippen molar-refractivity contribution in [3.05, 3.63) is 130 Å². The standard InChI is InChI=1S/C58H67N9O17S2/c59-47(68)36-83-38-63-49(70)34-62-54(73)46(32-39-4-2-1-3-5-39)64-50(71)35-60-48(69)33-61-51(72)37-82-29-28-80-26-27-81-30-31-84-43-12-10-42(11-13-43)67-57(76)52(85-44-14-6-40(7-15-44)55(74)65-18-22-78-23-19-65)53(58(67)77)86-45-16-8-41(9-17-45)56(75)66-20-24-79-25-21-66/h1-17,46H,18-38H2,(H2,59,68)(H,60,69)(H,61,72)(H,62,73)(H,63,70)(H,64,71). The third-order valence-corrected chi connectivity index (χ3v) is 15.0. The molecule has 1 unspecified atom stereocenters. The van der Waals surface area contributed by atoms with E-state index < -0.39 is 79.5 Å². The smallest absolute Gasteiger partial charge is 0.273 e. The summed E-state index contributed by atoms with van der Waals surface area (Å²) in [6.07, 6.45) is 0.0729. The van der Waals surface area contributed by atoms with Crippen molar-refractivity contribution in [1.29, 1.82) is 0 Å². The minimum atomic E-state index is -1.11. The Kier molecular flexibility index (Phi) is 26.3. The first-order valence-corrected chi connectivity index (χ1v) is 29.0. The number of ether oxygens (including phenoxy) is 7. The average Bonchev–Trinajstić information content (AvgIpc) is 3.03. The van der Waals surface area contributed by atoms with E-state index in [1.54, 1.807) is 113 Å². The van der Waals surface area contributed by atoms with Crippen molar-refractivity contribution in [2.75, 3.05) is 137 Å². The molecule has 86 heavy (non-hydrogen) atoms. The number of carbonyl (C=O) groups excluding carboxylic acids is 10. The summed E-state index contributed by atoms with van der Waals surface area (Å²) in [7, 11) is 0. The van der Waals surface area contributed by atoms with Crippen LogP contribution >= 0.6 is 23.5 Å². The minimum absolute atomic E-state index is 0.0672. The summed E-state index contributed by atoms with van der Waals surface area (Å²) in [5.41, 5.74) is 7.01. The van der Waals surface area contributed by atoms with Crippen molar-refractivity contribution < 1.29 is 81.1 Å².